The number of carbonyl (C=O) groups excluding carboxylic acids is 2. The van der Waals surface area contributed by atoms with Crippen molar-refractivity contribution in [3.8, 4) is 0 Å². The quantitative estimate of drug-likeness (QED) is 0.726. The fourth-order valence-electron chi connectivity index (χ4n) is 2.40. The maximum Gasteiger partial charge on any atom is 0.417 e. The summed E-state index contributed by atoms with van der Waals surface area (Å²) >= 11 is 2.85. The maximum absolute atomic E-state index is 13.0. The molecule has 1 unspecified atom stereocenters. The first-order valence-electron chi connectivity index (χ1n) is 7.65. The highest BCUT2D eigenvalue weighted by Gasteiger charge is 2.33. The highest BCUT2D eigenvalue weighted by atomic mass is 79.9. The Morgan fingerprint density at radius 3 is 2.35 bits per heavy atom. The molecule has 8 heteroatoms. The average molecular weight is 429 g/mol. The summed E-state index contributed by atoms with van der Waals surface area (Å²) in [5.41, 5.74) is -0.124. The monoisotopic (exact) mass is 428 g/mol. The van der Waals surface area contributed by atoms with Crippen molar-refractivity contribution in [1.82, 2.24) is 5.32 Å². The van der Waals surface area contributed by atoms with Crippen LogP contribution in [0.1, 0.15) is 30.5 Å². The minimum atomic E-state index is -4.54. The van der Waals surface area contributed by atoms with E-state index in [1.807, 2.05) is 0 Å². The lowest BCUT2D eigenvalue weighted by Gasteiger charge is -2.18. The minimum Gasteiger partial charge on any atom is -0.349 e. The van der Waals surface area contributed by atoms with Gasteiger partial charge in [0.25, 0.3) is 0 Å². The summed E-state index contributed by atoms with van der Waals surface area (Å²) in [6.07, 6.45) is -4.65. The lowest BCUT2D eigenvalue weighted by atomic mass is 10.0. The molecule has 4 nitrogen and oxygen atoms in total. The molecule has 0 radical (unpaired) electrons. The Kier molecular flexibility index (Phi) is 6.42. The smallest absolute Gasteiger partial charge is 0.349 e. The molecule has 2 aromatic carbocycles. The fraction of sp³-hybridized carbons (Fsp3) is 0.222. The molecule has 0 fully saturated rings. The van der Waals surface area contributed by atoms with E-state index < -0.39 is 23.7 Å². The van der Waals surface area contributed by atoms with E-state index in [1.165, 1.54) is 19.1 Å². The van der Waals surface area contributed by atoms with Gasteiger partial charge < -0.3 is 10.6 Å². The molecule has 0 saturated heterocycles. The molecular formula is C18H16BrF3N2O2. The summed E-state index contributed by atoms with van der Waals surface area (Å²) in [4.78, 5) is 23.7. The highest BCUT2D eigenvalue weighted by Crippen LogP contribution is 2.36. The second-order valence-corrected chi connectivity index (χ2v) is 6.46. The molecule has 0 heterocycles. The van der Waals surface area contributed by atoms with Crippen molar-refractivity contribution in [1.29, 1.82) is 0 Å². The fourth-order valence-corrected chi connectivity index (χ4v) is 2.87. The predicted molar refractivity (Wildman–Crippen MR) is 95.4 cm³/mol. The van der Waals surface area contributed by atoms with Crippen LogP contribution in [-0.4, -0.2) is 11.8 Å². The number of amides is 2. The molecule has 26 heavy (non-hydrogen) atoms. The van der Waals surface area contributed by atoms with Crippen LogP contribution in [0.25, 0.3) is 0 Å². The second-order valence-electron chi connectivity index (χ2n) is 5.61. The number of carbonyl (C=O) groups is 2. The average Bonchev–Trinajstić information content (AvgIpc) is 2.55. The molecule has 2 N–H and O–H groups in total. The summed E-state index contributed by atoms with van der Waals surface area (Å²) in [6, 6.07) is 11.7. The first-order chi connectivity index (χ1) is 12.2. The number of nitrogens with one attached hydrogen (secondary N) is 2. The van der Waals surface area contributed by atoms with Crippen LogP contribution in [0.15, 0.2) is 53.0 Å². The summed E-state index contributed by atoms with van der Waals surface area (Å²) in [5, 5.41) is 5.11. The van der Waals surface area contributed by atoms with Gasteiger partial charge in [-0.3, -0.25) is 9.59 Å². The number of hydrogen-bond donors (Lipinski definition) is 2. The maximum atomic E-state index is 13.0. The van der Waals surface area contributed by atoms with Gasteiger partial charge in [0, 0.05) is 17.1 Å². The van der Waals surface area contributed by atoms with E-state index in [0.717, 1.165) is 11.6 Å². The standard InChI is InChI=1S/C18H16BrF3N2O2/c1-11(25)23-16(12-5-3-2-4-6-12)10-17(26)24-13-7-8-15(19)14(9-13)18(20,21)22/h2-9,16H,10H2,1H3,(H,23,25)(H,24,26). The Bertz CT molecular complexity index is 795. The molecule has 0 spiro atoms. The zero-order valence-corrected chi connectivity index (χ0v) is 15.3. The molecule has 0 aliphatic rings. The summed E-state index contributed by atoms with van der Waals surface area (Å²) < 4.78 is 38.7. The van der Waals surface area contributed by atoms with E-state index >= 15 is 0 Å². The topological polar surface area (TPSA) is 58.2 Å². The van der Waals surface area contributed by atoms with Gasteiger partial charge >= 0.3 is 6.18 Å². The van der Waals surface area contributed by atoms with Gasteiger partial charge in [0.1, 0.15) is 0 Å². The Morgan fingerprint density at radius 1 is 1.12 bits per heavy atom. The van der Waals surface area contributed by atoms with Crippen LogP contribution in [0.2, 0.25) is 0 Å². The normalized spacial score (nSPS) is 12.3. The molecule has 2 amide bonds. The SMILES string of the molecule is CC(=O)NC(CC(=O)Nc1ccc(Br)c(C(F)(F)F)c1)c1ccccc1. The molecular weight excluding hydrogens is 413 g/mol. The van der Waals surface area contributed by atoms with Gasteiger partial charge in [-0.15, -0.1) is 0 Å². The van der Waals surface area contributed by atoms with Crippen molar-refractivity contribution in [3.05, 3.63) is 64.1 Å². The van der Waals surface area contributed by atoms with Crippen LogP contribution in [-0.2, 0) is 15.8 Å². The number of anilines is 1. The van der Waals surface area contributed by atoms with Crippen LogP contribution < -0.4 is 10.6 Å². The van der Waals surface area contributed by atoms with E-state index in [4.69, 9.17) is 0 Å². The van der Waals surface area contributed by atoms with Crippen LogP contribution in [0, 0.1) is 0 Å². The molecule has 2 aromatic rings. The Balaban J connectivity index is 2.14. The van der Waals surface area contributed by atoms with E-state index in [0.29, 0.717) is 0 Å². The first kappa shape index (κ1) is 20.0. The molecule has 0 bridgehead atoms. The summed E-state index contributed by atoms with van der Waals surface area (Å²) in [6.45, 7) is 1.33. The third-order valence-electron chi connectivity index (χ3n) is 3.52. The largest absolute Gasteiger partial charge is 0.417 e. The Morgan fingerprint density at radius 2 is 1.77 bits per heavy atom. The van der Waals surface area contributed by atoms with E-state index in [9.17, 15) is 22.8 Å². The molecule has 138 valence electrons. The number of benzene rings is 2. The van der Waals surface area contributed by atoms with Crippen molar-refractivity contribution >= 4 is 33.4 Å². The van der Waals surface area contributed by atoms with Crippen molar-refractivity contribution in [2.45, 2.75) is 25.6 Å². The number of halogens is 4. The van der Waals surface area contributed by atoms with Crippen molar-refractivity contribution < 1.29 is 22.8 Å². The molecule has 0 aliphatic carbocycles. The molecule has 1 atom stereocenters. The van der Waals surface area contributed by atoms with Crippen LogP contribution in [0.5, 0.6) is 0 Å². The summed E-state index contributed by atoms with van der Waals surface area (Å²) in [7, 11) is 0. The van der Waals surface area contributed by atoms with E-state index in [1.54, 1.807) is 30.3 Å². The van der Waals surface area contributed by atoms with E-state index in [-0.39, 0.29) is 22.5 Å². The second kappa shape index (κ2) is 8.35. The lowest BCUT2D eigenvalue weighted by molar-refractivity contribution is -0.138. The van der Waals surface area contributed by atoms with Gasteiger partial charge in [-0.25, -0.2) is 0 Å². The summed E-state index contributed by atoms with van der Waals surface area (Å²) in [5.74, 6) is -0.822. The number of alkyl halides is 3. The Labute approximate surface area is 156 Å². The van der Waals surface area contributed by atoms with Crippen LogP contribution in [0.3, 0.4) is 0 Å². The zero-order chi connectivity index (χ0) is 19.3. The van der Waals surface area contributed by atoms with E-state index in [2.05, 4.69) is 26.6 Å². The third-order valence-corrected chi connectivity index (χ3v) is 4.22. The Hall–Kier alpha value is -2.35. The minimum absolute atomic E-state index is 0.0279. The first-order valence-corrected chi connectivity index (χ1v) is 8.45. The van der Waals surface area contributed by atoms with Gasteiger partial charge in [0.05, 0.1) is 18.0 Å². The van der Waals surface area contributed by atoms with Gasteiger partial charge in [0.15, 0.2) is 0 Å². The lowest BCUT2D eigenvalue weighted by Crippen LogP contribution is -2.29. The van der Waals surface area contributed by atoms with Gasteiger partial charge in [-0.1, -0.05) is 46.3 Å². The number of rotatable bonds is 5. The predicted octanol–water partition coefficient (Wildman–Crippen LogP) is 4.67. The van der Waals surface area contributed by atoms with Gasteiger partial charge in [0.2, 0.25) is 11.8 Å². The van der Waals surface area contributed by atoms with Crippen LogP contribution in [0.4, 0.5) is 18.9 Å². The molecule has 0 aliphatic heterocycles. The van der Waals surface area contributed by atoms with Crippen molar-refractivity contribution in [2.75, 3.05) is 5.32 Å². The van der Waals surface area contributed by atoms with Crippen molar-refractivity contribution in [3.63, 3.8) is 0 Å². The zero-order valence-electron chi connectivity index (χ0n) is 13.7. The van der Waals surface area contributed by atoms with Gasteiger partial charge in [-0.2, -0.15) is 13.2 Å². The van der Waals surface area contributed by atoms with Crippen molar-refractivity contribution in [2.24, 2.45) is 0 Å². The third kappa shape index (κ3) is 5.59. The number of hydrogen-bond acceptors (Lipinski definition) is 2. The molecule has 0 saturated carbocycles. The van der Waals surface area contributed by atoms with Gasteiger partial charge in [-0.05, 0) is 23.8 Å². The van der Waals surface area contributed by atoms with Crippen LogP contribution >= 0.6 is 15.9 Å². The molecule has 0 aromatic heterocycles. The highest BCUT2D eigenvalue weighted by molar-refractivity contribution is 9.10. The molecule has 2 rings (SSSR count).